The Bertz CT molecular complexity index is 848. The van der Waals surface area contributed by atoms with Crippen LogP contribution in [0.15, 0.2) is 24.3 Å². The summed E-state index contributed by atoms with van der Waals surface area (Å²) in [6, 6.07) is 7.03. The number of pyridine rings is 1. The highest BCUT2D eigenvalue weighted by Gasteiger charge is 2.34. The van der Waals surface area contributed by atoms with E-state index in [2.05, 4.69) is 10.3 Å². The summed E-state index contributed by atoms with van der Waals surface area (Å²) in [7, 11) is 0. The molecule has 2 aromatic rings. The molecule has 0 unspecified atom stereocenters. The molecule has 0 aliphatic heterocycles. The minimum Gasteiger partial charge on any atom is -0.480 e. The molecule has 3 rings (SSSR count). The van der Waals surface area contributed by atoms with E-state index < -0.39 is 10.9 Å². The minimum absolute atomic E-state index is 0.0382. The van der Waals surface area contributed by atoms with E-state index in [9.17, 15) is 14.9 Å². The number of likely N-dealkylation sites (N-methyl/N-ethyl adjacent to an activating group) is 1. The van der Waals surface area contributed by atoms with Crippen molar-refractivity contribution in [3.05, 3.63) is 40.1 Å². The fourth-order valence-electron chi connectivity index (χ4n) is 3.48. The van der Waals surface area contributed by atoms with Crippen molar-refractivity contribution in [3.63, 3.8) is 0 Å². The van der Waals surface area contributed by atoms with Gasteiger partial charge in [-0.25, -0.2) is 0 Å². The SMILES string of the molecule is CCN(CC(=O)O)C1CC(Nc2cc(C)nc3ccc([N+](=O)[O-])cc23)C1. The van der Waals surface area contributed by atoms with E-state index in [0.29, 0.717) is 6.54 Å². The van der Waals surface area contributed by atoms with Gasteiger partial charge in [-0.2, -0.15) is 0 Å². The first kappa shape index (κ1) is 18.1. The number of benzene rings is 1. The number of carboxylic acid groups (broad SMARTS) is 1. The molecule has 8 nitrogen and oxygen atoms in total. The highest BCUT2D eigenvalue weighted by Crippen LogP contribution is 2.32. The Morgan fingerprint density at radius 1 is 1.42 bits per heavy atom. The Balaban J connectivity index is 1.76. The topological polar surface area (TPSA) is 109 Å². The van der Waals surface area contributed by atoms with Crippen molar-refractivity contribution < 1.29 is 14.8 Å². The number of aromatic nitrogens is 1. The van der Waals surface area contributed by atoms with E-state index in [4.69, 9.17) is 5.11 Å². The van der Waals surface area contributed by atoms with Gasteiger partial charge in [-0.1, -0.05) is 6.92 Å². The molecular formula is C18H22N4O4. The maximum Gasteiger partial charge on any atom is 0.317 e. The van der Waals surface area contributed by atoms with Crippen LogP contribution in [0.5, 0.6) is 0 Å². The van der Waals surface area contributed by atoms with Gasteiger partial charge in [0.05, 0.1) is 17.0 Å². The summed E-state index contributed by atoms with van der Waals surface area (Å²) in [5.74, 6) is -0.814. The maximum absolute atomic E-state index is 11.1. The first-order valence-electron chi connectivity index (χ1n) is 8.65. The van der Waals surface area contributed by atoms with Gasteiger partial charge >= 0.3 is 5.97 Å². The summed E-state index contributed by atoms with van der Waals surface area (Å²) in [5, 5.41) is 24.2. The molecule has 0 bridgehead atoms. The van der Waals surface area contributed by atoms with Crippen molar-refractivity contribution in [2.75, 3.05) is 18.4 Å². The molecule has 1 heterocycles. The lowest BCUT2D eigenvalue weighted by molar-refractivity contribution is -0.384. The summed E-state index contributed by atoms with van der Waals surface area (Å²) in [4.78, 5) is 28.0. The molecule has 0 atom stereocenters. The molecular weight excluding hydrogens is 336 g/mol. The van der Waals surface area contributed by atoms with Crippen molar-refractivity contribution in [1.82, 2.24) is 9.88 Å². The number of nitro benzene ring substituents is 1. The lowest BCUT2D eigenvalue weighted by Crippen LogP contribution is -2.51. The third-order valence-corrected chi connectivity index (χ3v) is 4.86. The monoisotopic (exact) mass is 358 g/mol. The van der Waals surface area contributed by atoms with Crippen LogP contribution >= 0.6 is 0 Å². The van der Waals surface area contributed by atoms with Gasteiger partial charge in [-0.05, 0) is 38.4 Å². The zero-order valence-electron chi connectivity index (χ0n) is 14.8. The fraction of sp³-hybridized carbons (Fsp3) is 0.444. The number of non-ortho nitro benzene ring substituents is 1. The van der Waals surface area contributed by atoms with Crippen LogP contribution in [0.25, 0.3) is 10.9 Å². The van der Waals surface area contributed by atoms with Gasteiger partial charge in [0.1, 0.15) is 0 Å². The second-order valence-corrected chi connectivity index (χ2v) is 6.69. The largest absolute Gasteiger partial charge is 0.480 e. The average Bonchev–Trinajstić information content (AvgIpc) is 2.54. The standard InChI is InChI=1S/C18H22N4O4/c1-3-21(10-18(23)24)14-7-12(8-14)20-17-6-11(2)19-16-5-4-13(22(25)26)9-15(16)17/h4-6,9,12,14H,3,7-8,10H2,1-2H3,(H,19,20)(H,23,24). The molecule has 138 valence electrons. The molecule has 1 aliphatic carbocycles. The first-order chi connectivity index (χ1) is 12.4. The van der Waals surface area contributed by atoms with Gasteiger partial charge in [0.25, 0.3) is 5.69 Å². The number of nitro groups is 1. The number of rotatable bonds is 7. The Morgan fingerprint density at radius 3 is 2.77 bits per heavy atom. The molecule has 1 fully saturated rings. The number of aliphatic carboxylic acids is 1. The van der Waals surface area contributed by atoms with E-state index in [1.54, 1.807) is 12.1 Å². The maximum atomic E-state index is 11.1. The van der Waals surface area contributed by atoms with Gasteiger partial charge in [0, 0.05) is 41.0 Å². The van der Waals surface area contributed by atoms with Crippen LogP contribution < -0.4 is 5.32 Å². The zero-order chi connectivity index (χ0) is 18.8. The predicted molar refractivity (Wildman–Crippen MR) is 98.4 cm³/mol. The van der Waals surface area contributed by atoms with Crippen LogP contribution in [0.4, 0.5) is 11.4 Å². The zero-order valence-corrected chi connectivity index (χ0v) is 14.8. The number of nitrogens with zero attached hydrogens (tertiary/aromatic N) is 3. The van der Waals surface area contributed by atoms with E-state index in [1.165, 1.54) is 6.07 Å². The number of hydrogen-bond donors (Lipinski definition) is 2. The lowest BCUT2D eigenvalue weighted by atomic mass is 9.85. The molecule has 1 aliphatic rings. The number of carbonyl (C=O) groups is 1. The highest BCUT2D eigenvalue weighted by atomic mass is 16.6. The van der Waals surface area contributed by atoms with Crippen LogP contribution in [0.1, 0.15) is 25.5 Å². The van der Waals surface area contributed by atoms with Gasteiger partial charge in [0.15, 0.2) is 0 Å². The third kappa shape index (κ3) is 3.75. The van der Waals surface area contributed by atoms with Crippen molar-refractivity contribution in [1.29, 1.82) is 0 Å². The van der Waals surface area contributed by atoms with Gasteiger partial charge < -0.3 is 10.4 Å². The Kier molecular flexibility index (Phi) is 5.03. The normalized spacial score (nSPS) is 19.3. The van der Waals surface area contributed by atoms with Gasteiger partial charge in [0.2, 0.25) is 0 Å². The van der Waals surface area contributed by atoms with Crippen LogP contribution in [0.2, 0.25) is 0 Å². The molecule has 1 saturated carbocycles. The predicted octanol–water partition coefficient (Wildman–Crippen LogP) is 2.80. The van der Waals surface area contributed by atoms with Gasteiger partial charge in [-0.15, -0.1) is 0 Å². The van der Waals surface area contributed by atoms with E-state index >= 15 is 0 Å². The number of nitrogens with one attached hydrogen (secondary N) is 1. The summed E-state index contributed by atoms with van der Waals surface area (Å²) < 4.78 is 0. The Morgan fingerprint density at radius 2 is 2.15 bits per heavy atom. The minimum atomic E-state index is -0.814. The molecule has 1 aromatic carbocycles. The molecule has 8 heteroatoms. The summed E-state index contributed by atoms with van der Waals surface area (Å²) in [5.41, 5.74) is 2.43. The van der Waals surface area contributed by atoms with E-state index in [0.717, 1.165) is 35.1 Å². The van der Waals surface area contributed by atoms with Crippen molar-refractivity contribution >= 4 is 28.2 Å². The van der Waals surface area contributed by atoms with Crippen molar-refractivity contribution in [2.45, 2.75) is 38.8 Å². The third-order valence-electron chi connectivity index (χ3n) is 4.86. The number of anilines is 1. The smallest absolute Gasteiger partial charge is 0.317 e. The molecule has 0 saturated heterocycles. The summed E-state index contributed by atoms with van der Waals surface area (Å²) >= 11 is 0. The fourth-order valence-corrected chi connectivity index (χ4v) is 3.48. The van der Waals surface area contributed by atoms with E-state index in [-0.39, 0.29) is 24.3 Å². The molecule has 0 radical (unpaired) electrons. The Labute approximate surface area is 151 Å². The van der Waals surface area contributed by atoms with Crippen LogP contribution in [0.3, 0.4) is 0 Å². The van der Waals surface area contributed by atoms with Crippen molar-refractivity contribution in [3.8, 4) is 0 Å². The molecule has 2 N–H and O–H groups in total. The lowest BCUT2D eigenvalue weighted by Gasteiger charge is -2.42. The van der Waals surface area contributed by atoms with Gasteiger partial charge in [-0.3, -0.25) is 24.8 Å². The second kappa shape index (κ2) is 7.25. The number of aryl methyl sites for hydroxylation is 1. The number of fused-ring (bicyclic) bond motifs is 1. The second-order valence-electron chi connectivity index (χ2n) is 6.69. The molecule has 0 amide bonds. The highest BCUT2D eigenvalue weighted by molar-refractivity contribution is 5.93. The average molecular weight is 358 g/mol. The summed E-state index contributed by atoms with van der Waals surface area (Å²) in [6.45, 7) is 4.61. The number of carboxylic acids is 1. The van der Waals surface area contributed by atoms with E-state index in [1.807, 2.05) is 24.8 Å². The summed E-state index contributed by atoms with van der Waals surface area (Å²) in [6.07, 6.45) is 1.69. The molecule has 1 aromatic heterocycles. The molecule has 26 heavy (non-hydrogen) atoms. The van der Waals surface area contributed by atoms with Crippen LogP contribution in [-0.4, -0.2) is 51.1 Å². The Hall–Kier alpha value is -2.74. The molecule has 0 spiro atoms. The van der Waals surface area contributed by atoms with Crippen molar-refractivity contribution in [2.24, 2.45) is 0 Å². The first-order valence-corrected chi connectivity index (χ1v) is 8.65. The quantitative estimate of drug-likeness (QED) is 0.578. The van der Waals surface area contributed by atoms with Crippen LogP contribution in [-0.2, 0) is 4.79 Å². The number of hydrogen-bond acceptors (Lipinski definition) is 6. The van der Waals surface area contributed by atoms with Crippen LogP contribution in [0, 0.1) is 17.0 Å².